The minimum atomic E-state index is 0.733. The summed E-state index contributed by atoms with van der Waals surface area (Å²) >= 11 is 0. The summed E-state index contributed by atoms with van der Waals surface area (Å²) in [6.07, 6.45) is 10.6. The minimum absolute atomic E-state index is 0.733. The Bertz CT molecular complexity index is 178. The molecule has 0 saturated heterocycles. The van der Waals surface area contributed by atoms with Crippen molar-refractivity contribution in [2.24, 2.45) is 17.8 Å². The molecule has 2 aliphatic carbocycles. The van der Waals surface area contributed by atoms with Gasteiger partial charge in [0.1, 0.15) is 0 Å². The molecule has 0 spiro atoms. The zero-order valence-corrected chi connectivity index (χ0v) is 9.76. The van der Waals surface area contributed by atoms with Gasteiger partial charge in [-0.25, -0.2) is 0 Å². The number of hydrogen-bond donors (Lipinski definition) is 1. The molecule has 0 radical (unpaired) electrons. The smallest absolute Gasteiger partial charge is 0.00666 e. The van der Waals surface area contributed by atoms with Crippen LogP contribution >= 0.6 is 0 Å². The van der Waals surface area contributed by atoms with E-state index in [2.05, 4.69) is 19.3 Å². The van der Waals surface area contributed by atoms with Gasteiger partial charge in [0, 0.05) is 6.04 Å². The number of hydrogen-bond acceptors (Lipinski definition) is 1. The van der Waals surface area contributed by atoms with Gasteiger partial charge in [0.15, 0.2) is 0 Å². The van der Waals surface area contributed by atoms with Crippen molar-refractivity contribution in [2.45, 2.75) is 57.9 Å². The van der Waals surface area contributed by atoms with Crippen molar-refractivity contribution in [1.82, 2.24) is 5.32 Å². The molecule has 4 atom stereocenters. The van der Waals surface area contributed by atoms with Crippen LogP contribution in [0, 0.1) is 17.8 Å². The largest absolute Gasteiger partial charge is 0.317 e. The van der Waals surface area contributed by atoms with Crippen molar-refractivity contribution in [1.29, 1.82) is 0 Å². The average molecular weight is 195 g/mol. The van der Waals surface area contributed by atoms with Gasteiger partial charge in [-0.1, -0.05) is 32.1 Å². The molecule has 2 aliphatic rings. The van der Waals surface area contributed by atoms with Crippen LogP contribution < -0.4 is 5.32 Å². The van der Waals surface area contributed by atoms with Gasteiger partial charge in [0.2, 0.25) is 0 Å². The standard InChI is InChI=1S/C13H25N/c1-10(14-2)13-9-7-11-4-3-5-12(13)8-6-11/h10-14H,3-9H2,1-2H3. The Morgan fingerprint density at radius 1 is 1.00 bits per heavy atom. The SMILES string of the molecule is CNC(C)C1CCC2CCCC1CC2. The first-order valence-electron chi connectivity index (χ1n) is 6.48. The maximum Gasteiger partial charge on any atom is 0.00666 e. The van der Waals surface area contributed by atoms with Crippen molar-refractivity contribution >= 4 is 0 Å². The normalized spacial score (nSPS) is 40.3. The summed E-state index contributed by atoms with van der Waals surface area (Å²) in [6, 6.07) is 0.733. The maximum absolute atomic E-state index is 3.47. The van der Waals surface area contributed by atoms with Crippen molar-refractivity contribution in [3.63, 3.8) is 0 Å². The van der Waals surface area contributed by atoms with Crippen LogP contribution in [0.3, 0.4) is 0 Å². The third-order valence-corrected chi connectivity index (χ3v) is 4.74. The van der Waals surface area contributed by atoms with E-state index in [-0.39, 0.29) is 0 Å². The molecule has 1 heteroatoms. The van der Waals surface area contributed by atoms with Gasteiger partial charge < -0.3 is 5.32 Å². The van der Waals surface area contributed by atoms with E-state index in [0.29, 0.717) is 0 Å². The van der Waals surface area contributed by atoms with Gasteiger partial charge in [0.05, 0.1) is 0 Å². The lowest BCUT2D eigenvalue weighted by molar-refractivity contribution is 0.227. The third-order valence-electron chi connectivity index (χ3n) is 4.74. The molecule has 1 N–H and O–H groups in total. The number of fused-ring (bicyclic) bond motifs is 3. The average Bonchev–Trinajstić information content (AvgIpc) is 2.50. The van der Waals surface area contributed by atoms with Crippen molar-refractivity contribution in [2.75, 3.05) is 7.05 Å². The third kappa shape index (κ3) is 2.13. The molecule has 0 aliphatic heterocycles. The second-order valence-corrected chi connectivity index (χ2v) is 5.45. The second-order valence-electron chi connectivity index (χ2n) is 5.45. The summed E-state index contributed by atoms with van der Waals surface area (Å²) < 4.78 is 0. The fraction of sp³-hybridized carbons (Fsp3) is 1.00. The van der Waals surface area contributed by atoms with Crippen LogP contribution in [-0.2, 0) is 0 Å². The minimum Gasteiger partial charge on any atom is -0.317 e. The summed E-state index contributed by atoms with van der Waals surface area (Å²) in [6.45, 7) is 2.37. The maximum atomic E-state index is 3.47. The Hall–Kier alpha value is -0.0400. The van der Waals surface area contributed by atoms with Crippen molar-refractivity contribution < 1.29 is 0 Å². The molecular weight excluding hydrogens is 170 g/mol. The first kappa shape index (κ1) is 10.5. The Labute approximate surface area is 88.7 Å². The van der Waals surface area contributed by atoms with Gasteiger partial charge in [-0.05, 0) is 44.6 Å². The van der Waals surface area contributed by atoms with Crippen LogP contribution in [0.2, 0.25) is 0 Å². The van der Waals surface area contributed by atoms with Crippen LogP contribution in [0.5, 0.6) is 0 Å². The molecule has 2 bridgehead atoms. The highest BCUT2D eigenvalue weighted by Gasteiger charge is 2.32. The van der Waals surface area contributed by atoms with Crippen LogP contribution in [0.1, 0.15) is 51.9 Å². The summed E-state index contributed by atoms with van der Waals surface area (Å²) in [7, 11) is 2.12. The number of nitrogens with one attached hydrogen (secondary N) is 1. The quantitative estimate of drug-likeness (QED) is 0.713. The van der Waals surface area contributed by atoms with Gasteiger partial charge in [-0.2, -0.15) is 0 Å². The predicted octanol–water partition coefficient (Wildman–Crippen LogP) is 3.20. The molecule has 0 amide bonds. The van der Waals surface area contributed by atoms with Gasteiger partial charge >= 0.3 is 0 Å². The lowest BCUT2D eigenvalue weighted by Crippen LogP contribution is -2.35. The Morgan fingerprint density at radius 2 is 1.79 bits per heavy atom. The van der Waals surface area contributed by atoms with E-state index in [1.165, 1.54) is 44.9 Å². The molecule has 0 aromatic carbocycles. The molecule has 14 heavy (non-hydrogen) atoms. The highest BCUT2D eigenvalue weighted by Crippen LogP contribution is 2.41. The van der Waals surface area contributed by atoms with E-state index >= 15 is 0 Å². The molecule has 0 heterocycles. The fourth-order valence-electron chi connectivity index (χ4n) is 3.66. The molecular formula is C13H25N. The van der Waals surface area contributed by atoms with E-state index in [9.17, 15) is 0 Å². The molecule has 2 rings (SSSR count). The lowest BCUT2D eigenvalue weighted by atomic mass is 9.79. The van der Waals surface area contributed by atoms with Crippen LogP contribution in [0.15, 0.2) is 0 Å². The first-order valence-corrected chi connectivity index (χ1v) is 6.48. The Morgan fingerprint density at radius 3 is 2.57 bits per heavy atom. The molecule has 82 valence electrons. The van der Waals surface area contributed by atoms with Crippen LogP contribution in [0.4, 0.5) is 0 Å². The zero-order valence-electron chi connectivity index (χ0n) is 9.76. The van der Waals surface area contributed by atoms with Crippen molar-refractivity contribution in [3.05, 3.63) is 0 Å². The van der Waals surface area contributed by atoms with Crippen molar-refractivity contribution in [3.8, 4) is 0 Å². The molecule has 2 saturated carbocycles. The monoisotopic (exact) mass is 195 g/mol. The molecule has 0 aromatic heterocycles. The number of rotatable bonds is 2. The highest BCUT2D eigenvalue weighted by atomic mass is 14.9. The molecule has 1 nitrogen and oxygen atoms in total. The second kappa shape index (κ2) is 4.65. The highest BCUT2D eigenvalue weighted by molar-refractivity contribution is 4.85. The van der Waals surface area contributed by atoms with Gasteiger partial charge in [-0.15, -0.1) is 0 Å². The van der Waals surface area contributed by atoms with E-state index in [4.69, 9.17) is 0 Å². The molecule has 0 aromatic rings. The van der Waals surface area contributed by atoms with E-state index in [0.717, 1.165) is 23.8 Å². The first-order chi connectivity index (χ1) is 6.81. The topological polar surface area (TPSA) is 12.0 Å². The van der Waals surface area contributed by atoms with E-state index in [1.807, 2.05) is 0 Å². The summed E-state index contributed by atoms with van der Waals surface area (Å²) in [5.41, 5.74) is 0. The summed E-state index contributed by atoms with van der Waals surface area (Å²) in [4.78, 5) is 0. The summed E-state index contributed by atoms with van der Waals surface area (Å²) in [5, 5.41) is 3.47. The van der Waals surface area contributed by atoms with Gasteiger partial charge in [0.25, 0.3) is 0 Å². The fourth-order valence-corrected chi connectivity index (χ4v) is 3.66. The molecule has 4 unspecified atom stereocenters. The van der Waals surface area contributed by atoms with Crippen LogP contribution in [-0.4, -0.2) is 13.1 Å². The van der Waals surface area contributed by atoms with Gasteiger partial charge in [-0.3, -0.25) is 0 Å². The summed E-state index contributed by atoms with van der Waals surface area (Å²) in [5.74, 6) is 3.07. The molecule has 2 fully saturated rings. The lowest BCUT2D eigenvalue weighted by Gasteiger charge is -2.31. The zero-order chi connectivity index (χ0) is 9.97. The Balaban J connectivity index is 2.03. The predicted molar refractivity (Wildman–Crippen MR) is 61.3 cm³/mol. The van der Waals surface area contributed by atoms with E-state index < -0.39 is 0 Å². The van der Waals surface area contributed by atoms with E-state index in [1.54, 1.807) is 0 Å². The Kier molecular flexibility index (Phi) is 3.48. The van der Waals surface area contributed by atoms with Crippen LogP contribution in [0.25, 0.3) is 0 Å².